The fourth-order valence-corrected chi connectivity index (χ4v) is 3.26. The highest BCUT2D eigenvalue weighted by molar-refractivity contribution is 8.00. The highest BCUT2D eigenvalue weighted by Gasteiger charge is 2.16. The molecule has 0 bridgehead atoms. The van der Waals surface area contributed by atoms with Gasteiger partial charge < -0.3 is 10.3 Å². The van der Waals surface area contributed by atoms with Crippen molar-refractivity contribution in [3.05, 3.63) is 57.6 Å². The van der Waals surface area contributed by atoms with Gasteiger partial charge in [-0.25, -0.2) is 4.79 Å². The van der Waals surface area contributed by atoms with Crippen LogP contribution in [0.5, 0.6) is 0 Å². The van der Waals surface area contributed by atoms with Gasteiger partial charge in [-0.05, 0) is 26.3 Å². The number of aromatic amines is 1. The van der Waals surface area contributed by atoms with Gasteiger partial charge in [0.2, 0.25) is 5.91 Å². The van der Waals surface area contributed by atoms with E-state index in [2.05, 4.69) is 15.3 Å². The van der Waals surface area contributed by atoms with Crippen molar-refractivity contribution in [1.29, 1.82) is 0 Å². The molecule has 1 atom stereocenters. The van der Waals surface area contributed by atoms with Gasteiger partial charge in [-0.3, -0.25) is 9.59 Å². The van der Waals surface area contributed by atoms with E-state index in [9.17, 15) is 14.4 Å². The fraction of sp³-hybridized carbons (Fsp3) is 0.294. The molecule has 2 rings (SSSR count). The van der Waals surface area contributed by atoms with Crippen molar-refractivity contribution in [3.8, 4) is 0 Å². The lowest BCUT2D eigenvalue weighted by Gasteiger charge is -2.14. The number of carbonyl (C=O) groups is 2. The number of hydrogen-bond donors (Lipinski definition) is 2. The number of benzene rings is 1. The van der Waals surface area contributed by atoms with E-state index in [1.807, 2.05) is 37.3 Å². The Kier molecular flexibility index (Phi) is 5.92. The zero-order valence-electron chi connectivity index (χ0n) is 13.8. The van der Waals surface area contributed by atoms with Gasteiger partial charge in [-0.1, -0.05) is 42.1 Å². The van der Waals surface area contributed by atoms with Crippen molar-refractivity contribution < 1.29 is 9.59 Å². The molecule has 7 heteroatoms. The summed E-state index contributed by atoms with van der Waals surface area (Å²) in [4.78, 5) is 41.7. The molecular formula is C17H19N3O3S. The number of aryl methyl sites for hydroxylation is 1. The maximum atomic E-state index is 12.1. The van der Waals surface area contributed by atoms with Crippen LogP contribution < -0.4 is 11.0 Å². The predicted octanol–water partition coefficient (Wildman–Crippen LogP) is 2.25. The minimum Gasteiger partial charge on any atom is -0.349 e. The van der Waals surface area contributed by atoms with Crippen LogP contribution in [0.3, 0.4) is 0 Å². The Bertz CT molecular complexity index is 802. The highest BCUT2D eigenvalue weighted by Crippen LogP contribution is 2.21. The zero-order chi connectivity index (χ0) is 17.7. The minimum absolute atomic E-state index is 0.0767. The molecule has 0 saturated heterocycles. The van der Waals surface area contributed by atoms with Gasteiger partial charge in [0.25, 0.3) is 0 Å². The highest BCUT2D eigenvalue weighted by atomic mass is 32.2. The molecule has 1 aromatic heterocycles. The molecule has 0 aliphatic heterocycles. The lowest BCUT2D eigenvalue weighted by Crippen LogP contribution is -2.28. The van der Waals surface area contributed by atoms with Gasteiger partial charge >= 0.3 is 5.69 Å². The second-order valence-corrected chi connectivity index (χ2v) is 6.36. The summed E-state index contributed by atoms with van der Waals surface area (Å²) < 4.78 is 0. The van der Waals surface area contributed by atoms with Gasteiger partial charge in [0.05, 0.1) is 17.4 Å². The average Bonchev–Trinajstić information content (AvgIpc) is 2.52. The quantitative estimate of drug-likeness (QED) is 0.476. The predicted molar refractivity (Wildman–Crippen MR) is 93.3 cm³/mol. The van der Waals surface area contributed by atoms with Crippen LogP contribution in [0.4, 0.5) is 0 Å². The van der Waals surface area contributed by atoms with Gasteiger partial charge in [0.15, 0.2) is 5.78 Å². The lowest BCUT2D eigenvalue weighted by molar-refractivity contribution is -0.119. The largest absolute Gasteiger partial charge is 0.349 e. The first kappa shape index (κ1) is 17.9. The van der Waals surface area contributed by atoms with Gasteiger partial charge in [0, 0.05) is 5.69 Å². The Hall–Kier alpha value is -2.41. The van der Waals surface area contributed by atoms with E-state index < -0.39 is 5.69 Å². The fourth-order valence-electron chi connectivity index (χ4n) is 2.32. The van der Waals surface area contributed by atoms with Crippen LogP contribution in [-0.2, 0) is 4.79 Å². The summed E-state index contributed by atoms with van der Waals surface area (Å²) in [5, 5.41) is 3.17. The number of thioether (sulfide) groups is 1. The molecule has 126 valence electrons. The lowest BCUT2D eigenvalue weighted by atomic mass is 10.1. The molecule has 6 nitrogen and oxygen atoms in total. The minimum atomic E-state index is -0.530. The Morgan fingerprint density at radius 2 is 1.96 bits per heavy atom. The second-order valence-electron chi connectivity index (χ2n) is 5.39. The zero-order valence-corrected chi connectivity index (χ0v) is 14.6. The number of ketones is 1. The summed E-state index contributed by atoms with van der Waals surface area (Å²) >= 11 is 1.09. The molecule has 1 unspecified atom stereocenters. The van der Waals surface area contributed by atoms with Crippen LogP contribution in [0.2, 0.25) is 0 Å². The summed E-state index contributed by atoms with van der Waals surface area (Å²) in [5.41, 5.74) is 1.29. The van der Waals surface area contributed by atoms with E-state index >= 15 is 0 Å². The number of hydrogen-bond acceptors (Lipinski definition) is 5. The molecule has 0 saturated carbocycles. The summed E-state index contributed by atoms with van der Waals surface area (Å²) in [5.74, 6) is -0.310. The average molecular weight is 345 g/mol. The Morgan fingerprint density at radius 3 is 2.58 bits per heavy atom. The summed E-state index contributed by atoms with van der Waals surface area (Å²) in [7, 11) is 0. The van der Waals surface area contributed by atoms with Crippen molar-refractivity contribution in [2.24, 2.45) is 0 Å². The molecule has 0 aliphatic rings. The van der Waals surface area contributed by atoms with E-state index in [0.29, 0.717) is 11.3 Å². The molecule has 1 aromatic carbocycles. The van der Waals surface area contributed by atoms with Gasteiger partial charge in [-0.2, -0.15) is 4.98 Å². The molecule has 1 heterocycles. The first-order valence-electron chi connectivity index (χ1n) is 7.47. The number of Topliss-reactive ketones (excluding diaryl/α,β-unsaturated/α-hetero) is 1. The number of aromatic nitrogens is 2. The summed E-state index contributed by atoms with van der Waals surface area (Å²) in [6, 6.07) is 9.49. The standard InChI is InChI=1S/C17H19N3O3S/c1-10(13-7-5-4-6-8-13)18-14(22)9-24-16-15(12(3)21)11(2)19-17(23)20-16/h4-8,10H,9H2,1-3H3,(H,18,22)(H,19,20,23). The van der Waals surface area contributed by atoms with Crippen molar-refractivity contribution in [1.82, 2.24) is 15.3 Å². The maximum absolute atomic E-state index is 12.1. The number of nitrogens with one attached hydrogen (secondary N) is 2. The van der Waals surface area contributed by atoms with Crippen LogP contribution in [0.1, 0.15) is 41.5 Å². The molecule has 0 spiro atoms. The number of amides is 1. The second kappa shape index (κ2) is 7.92. The Labute approximate surface area is 144 Å². The van der Waals surface area contributed by atoms with Gasteiger partial charge in [-0.15, -0.1) is 0 Å². The maximum Gasteiger partial charge on any atom is 0.346 e. The van der Waals surface area contributed by atoms with Crippen molar-refractivity contribution >= 4 is 23.5 Å². The van der Waals surface area contributed by atoms with Crippen LogP contribution in [0, 0.1) is 6.92 Å². The molecular weight excluding hydrogens is 326 g/mol. The monoisotopic (exact) mass is 345 g/mol. The smallest absolute Gasteiger partial charge is 0.346 e. The van der Waals surface area contributed by atoms with E-state index in [1.54, 1.807) is 6.92 Å². The third-order valence-electron chi connectivity index (χ3n) is 3.46. The first-order chi connectivity index (χ1) is 11.4. The topological polar surface area (TPSA) is 91.9 Å². The van der Waals surface area contributed by atoms with Crippen LogP contribution in [0.15, 0.2) is 40.2 Å². The third kappa shape index (κ3) is 4.55. The van der Waals surface area contributed by atoms with Crippen molar-refractivity contribution in [3.63, 3.8) is 0 Å². The van der Waals surface area contributed by atoms with E-state index in [1.165, 1.54) is 6.92 Å². The molecule has 0 fully saturated rings. The molecule has 2 N–H and O–H groups in total. The van der Waals surface area contributed by atoms with E-state index in [4.69, 9.17) is 0 Å². The number of carbonyl (C=O) groups excluding carboxylic acids is 2. The van der Waals surface area contributed by atoms with Crippen molar-refractivity contribution in [2.45, 2.75) is 31.8 Å². The SMILES string of the molecule is CC(=O)c1c(SCC(=O)NC(C)c2ccccc2)nc(=O)[nH]c1C. The normalized spacial score (nSPS) is 11.8. The number of rotatable bonds is 6. The molecule has 24 heavy (non-hydrogen) atoms. The molecule has 1 amide bonds. The van der Waals surface area contributed by atoms with Crippen LogP contribution in [-0.4, -0.2) is 27.4 Å². The van der Waals surface area contributed by atoms with Crippen molar-refractivity contribution in [2.75, 3.05) is 5.75 Å². The Balaban J connectivity index is 2.04. The summed E-state index contributed by atoms with van der Waals surface area (Å²) in [6.45, 7) is 4.94. The van der Waals surface area contributed by atoms with E-state index in [0.717, 1.165) is 17.3 Å². The molecule has 0 radical (unpaired) electrons. The first-order valence-corrected chi connectivity index (χ1v) is 8.46. The number of H-pyrrole nitrogens is 1. The third-order valence-corrected chi connectivity index (χ3v) is 4.43. The van der Waals surface area contributed by atoms with Crippen LogP contribution >= 0.6 is 11.8 Å². The summed E-state index contributed by atoms with van der Waals surface area (Å²) in [6.07, 6.45) is 0. The molecule has 2 aromatic rings. The van der Waals surface area contributed by atoms with E-state index in [-0.39, 0.29) is 28.5 Å². The molecule has 0 aliphatic carbocycles. The van der Waals surface area contributed by atoms with Gasteiger partial charge in [0.1, 0.15) is 5.03 Å². The Morgan fingerprint density at radius 1 is 1.29 bits per heavy atom. The van der Waals surface area contributed by atoms with Crippen LogP contribution in [0.25, 0.3) is 0 Å². The number of nitrogens with zero attached hydrogens (tertiary/aromatic N) is 1.